The molecule has 0 saturated carbocycles. The summed E-state index contributed by atoms with van der Waals surface area (Å²) in [6.45, 7) is 6.96. The summed E-state index contributed by atoms with van der Waals surface area (Å²) < 4.78 is 30.5. The summed E-state index contributed by atoms with van der Waals surface area (Å²) in [6, 6.07) is -0.870. The summed E-state index contributed by atoms with van der Waals surface area (Å²) >= 11 is 0. The van der Waals surface area contributed by atoms with E-state index < -0.39 is 25.9 Å². The minimum absolute atomic E-state index is 0.0320. The molecule has 3 unspecified atom stereocenters. The van der Waals surface area contributed by atoms with E-state index in [1.165, 1.54) is 154 Å². The number of carbonyl (C=O) groups excluding carboxylic acids is 2. The van der Waals surface area contributed by atoms with Crippen LogP contribution >= 0.6 is 7.82 Å². The van der Waals surface area contributed by atoms with E-state index in [4.69, 9.17) is 13.8 Å². The third kappa shape index (κ3) is 49.0. The van der Waals surface area contributed by atoms with Crippen LogP contribution in [0.2, 0.25) is 0 Å². The SMILES string of the molecule is CCCCCCCC/C=C\C/C=C/CCC(=O)OC(/C=C\CCCCCCCCCCCC)C(COP(=O)(O)OCC[N+](C)(C)C)NC(=O)CCCCCCCCC/C=C/CCCCCCCC. The monoisotopic (exact) mass is 978 g/mol. The lowest BCUT2D eigenvalue weighted by atomic mass is 10.0. The van der Waals surface area contributed by atoms with Gasteiger partial charge in [-0.2, -0.15) is 0 Å². The Hall–Kier alpha value is -2.03. The van der Waals surface area contributed by atoms with Gasteiger partial charge in [0, 0.05) is 12.8 Å². The molecule has 0 spiro atoms. The molecule has 0 aromatic rings. The van der Waals surface area contributed by atoms with E-state index in [-0.39, 0.29) is 25.5 Å². The van der Waals surface area contributed by atoms with Crippen LogP contribution in [0.3, 0.4) is 0 Å². The third-order valence-corrected chi connectivity index (χ3v) is 13.5. The first-order chi connectivity index (χ1) is 32.9. The van der Waals surface area contributed by atoms with Crippen LogP contribution in [0.5, 0.6) is 0 Å². The summed E-state index contributed by atoms with van der Waals surface area (Å²) in [7, 11) is 1.47. The molecule has 68 heavy (non-hydrogen) atoms. The van der Waals surface area contributed by atoms with Crippen molar-refractivity contribution in [2.75, 3.05) is 40.9 Å². The fourth-order valence-corrected chi connectivity index (χ4v) is 8.78. The molecule has 10 heteroatoms. The number of ether oxygens (including phenoxy) is 1. The molecule has 1 amide bonds. The van der Waals surface area contributed by atoms with E-state index in [2.05, 4.69) is 56.5 Å². The Bertz CT molecular complexity index is 1310. The molecule has 0 aliphatic rings. The Morgan fingerprint density at radius 3 is 1.37 bits per heavy atom. The molecule has 0 saturated heterocycles. The predicted molar refractivity (Wildman–Crippen MR) is 291 cm³/mol. The molecule has 3 atom stereocenters. The first-order valence-corrected chi connectivity index (χ1v) is 30.0. The lowest BCUT2D eigenvalue weighted by Gasteiger charge is -2.27. The Kier molecular flexibility index (Phi) is 47.1. The van der Waals surface area contributed by atoms with Gasteiger partial charge in [-0.25, -0.2) is 4.57 Å². The average Bonchev–Trinajstić information content (AvgIpc) is 3.29. The van der Waals surface area contributed by atoms with Crippen molar-refractivity contribution in [1.29, 1.82) is 0 Å². The fourth-order valence-electron chi connectivity index (χ4n) is 8.05. The maximum absolute atomic E-state index is 13.5. The Morgan fingerprint density at radius 2 is 0.912 bits per heavy atom. The lowest BCUT2D eigenvalue weighted by molar-refractivity contribution is -0.870. The number of quaternary nitrogens is 1. The highest BCUT2D eigenvalue weighted by Crippen LogP contribution is 2.43. The molecule has 0 bridgehead atoms. The van der Waals surface area contributed by atoms with E-state index in [9.17, 15) is 19.0 Å². The first-order valence-electron chi connectivity index (χ1n) is 28.5. The zero-order valence-corrected chi connectivity index (χ0v) is 46.2. The number of allylic oxidation sites excluding steroid dienone is 7. The van der Waals surface area contributed by atoms with E-state index in [1.54, 1.807) is 0 Å². The van der Waals surface area contributed by atoms with Gasteiger partial charge in [-0.15, -0.1) is 0 Å². The average molecular weight is 978 g/mol. The standard InChI is InChI=1S/C58H109N2O7P/c1-7-10-13-16-19-22-25-28-29-30-31-33-35-38-41-44-47-50-57(61)59-55(54-66-68(63,64)65-53-52-60(4,5)6)56(49-46-43-40-37-34-27-24-21-18-15-12-9-3)67-58(62)51-48-45-42-39-36-32-26-23-20-17-14-11-8-2/h28-29,32,36,42,45-46,49,55-56H,7-27,30-31,33-35,37-41,43-44,47-48,50-54H2,1-6H3,(H-,59,61,63,64)/p+1/b29-28+,36-32-,45-42+,49-46-. The normalized spacial score (nSPS) is 14.2. The number of phosphoric ester groups is 1. The van der Waals surface area contributed by atoms with E-state index in [1.807, 2.05) is 39.4 Å². The van der Waals surface area contributed by atoms with E-state index in [0.717, 1.165) is 64.2 Å². The van der Waals surface area contributed by atoms with Crippen molar-refractivity contribution >= 4 is 19.7 Å². The molecule has 9 nitrogen and oxygen atoms in total. The topological polar surface area (TPSA) is 111 Å². The highest BCUT2D eigenvalue weighted by molar-refractivity contribution is 7.47. The molecule has 398 valence electrons. The van der Waals surface area contributed by atoms with Gasteiger partial charge >= 0.3 is 13.8 Å². The van der Waals surface area contributed by atoms with Crippen molar-refractivity contribution < 1.29 is 37.3 Å². The number of nitrogens with one attached hydrogen (secondary N) is 1. The smallest absolute Gasteiger partial charge is 0.456 e. The maximum Gasteiger partial charge on any atom is 0.472 e. The van der Waals surface area contributed by atoms with Gasteiger partial charge in [0.25, 0.3) is 0 Å². The van der Waals surface area contributed by atoms with Crippen molar-refractivity contribution in [3.63, 3.8) is 0 Å². The Morgan fingerprint density at radius 1 is 0.515 bits per heavy atom. The van der Waals surface area contributed by atoms with Crippen molar-refractivity contribution in [1.82, 2.24) is 5.32 Å². The number of rotatable bonds is 51. The molecular weight excluding hydrogens is 868 g/mol. The van der Waals surface area contributed by atoms with Crippen LogP contribution < -0.4 is 5.32 Å². The molecule has 0 heterocycles. The predicted octanol–water partition coefficient (Wildman–Crippen LogP) is 16.9. The van der Waals surface area contributed by atoms with Gasteiger partial charge in [-0.1, -0.05) is 217 Å². The second-order valence-electron chi connectivity index (χ2n) is 20.5. The highest BCUT2D eigenvalue weighted by atomic mass is 31.2. The minimum Gasteiger partial charge on any atom is -0.456 e. The van der Waals surface area contributed by atoms with Crippen molar-refractivity contribution in [2.45, 2.75) is 270 Å². The quantitative estimate of drug-likeness (QED) is 0.0205. The van der Waals surface area contributed by atoms with Crippen LogP contribution in [0.25, 0.3) is 0 Å². The van der Waals surface area contributed by atoms with Gasteiger partial charge in [-0.3, -0.25) is 18.6 Å². The second-order valence-corrected chi connectivity index (χ2v) is 21.9. The molecule has 0 fully saturated rings. The number of carbonyl (C=O) groups is 2. The van der Waals surface area contributed by atoms with Crippen LogP contribution in [0.4, 0.5) is 0 Å². The number of nitrogens with zero attached hydrogens (tertiary/aromatic N) is 1. The molecule has 0 rings (SSSR count). The Labute approximate surface area is 420 Å². The summed E-state index contributed by atoms with van der Waals surface area (Å²) in [4.78, 5) is 37.5. The molecule has 0 aliphatic heterocycles. The number of hydrogen-bond donors (Lipinski definition) is 2. The van der Waals surface area contributed by atoms with Gasteiger partial charge in [0.1, 0.15) is 19.3 Å². The highest BCUT2D eigenvalue weighted by Gasteiger charge is 2.30. The van der Waals surface area contributed by atoms with Crippen molar-refractivity contribution in [3.8, 4) is 0 Å². The second kappa shape index (κ2) is 48.6. The number of amides is 1. The molecule has 0 aromatic carbocycles. The zero-order valence-electron chi connectivity index (χ0n) is 45.3. The number of phosphoric acid groups is 1. The van der Waals surface area contributed by atoms with Crippen LogP contribution in [0.1, 0.15) is 258 Å². The van der Waals surface area contributed by atoms with Gasteiger partial charge in [0.15, 0.2) is 0 Å². The maximum atomic E-state index is 13.5. The zero-order chi connectivity index (χ0) is 50.1. The number of unbranched alkanes of at least 4 members (excludes halogenated alkanes) is 29. The first kappa shape index (κ1) is 66.0. The van der Waals surface area contributed by atoms with Gasteiger partial charge in [0.2, 0.25) is 5.91 Å². The van der Waals surface area contributed by atoms with Crippen LogP contribution in [-0.4, -0.2) is 74.3 Å². The summed E-state index contributed by atoms with van der Waals surface area (Å²) in [5.74, 6) is -0.585. The van der Waals surface area contributed by atoms with Crippen molar-refractivity contribution in [2.24, 2.45) is 0 Å². The van der Waals surface area contributed by atoms with Crippen LogP contribution in [0.15, 0.2) is 48.6 Å². The van der Waals surface area contributed by atoms with Crippen LogP contribution in [0, 0.1) is 0 Å². The summed E-state index contributed by atoms with van der Waals surface area (Å²) in [5.41, 5.74) is 0. The van der Waals surface area contributed by atoms with Crippen molar-refractivity contribution in [3.05, 3.63) is 48.6 Å². The lowest BCUT2D eigenvalue weighted by Crippen LogP contribution is -2.47. The molecular formula is C58H110N2O7P+. The number of hydrogen-bond acceptors (Lipinski definition) is 6. The molecule has 0 aliphatic carbocycles. The van der Waals surface area contributed by atoms with Crippen LogP contribution in [-0.2, 0) is 27.9 Å². The molecule has 0 radical (unpaired) electrons. The third-order valence-electron chi connectivity index (χ3n) is 12.5. The molecule has 2 N–H and O–H groups in total. The van der Waals surface area contributed by atoms with Gasteiger partial charge in [0.05, 0.1) is 33.8 Å². The summed E-state index contributed by atoms with van der Waals surface area (Å²) in [5, 5.41) is 3.03. The van der Waals surface area contributed by atoms with E-state index in [0.29, 0.717) is 23.9 Å². The van der Waals surface area contributed by atoms with Gasteiger partial charge in [-0.05, 0) is 76.7 Å². The number of esters is 1. The Balaban J connectivity index is 5.41. The van der Waals surface area contributed by atoms with Gasteiger partial charge < -0.3 is 19.4 Å². The molecule has 0 aromatic heterocycles. The largest absolute Gasteiger partial charge is 0.472 e. The van der Waals surface area contributed by atoms with E-state index >= 15 is 0 Å². The number of likely N-dealkylation sites (N-methyl/N-ethyl adjacent to an activating group) is 1. The fraction of sp³-hybridized carbons (Fsp3) is 0.828. The minimum atomic E-state index is -4.45. The summed E-state index contributed by atoms with van der Waals surface area (Å²) in [6.07, 6.45) is 58.3.